The number of hydrogen-bond acceptors (Lipinski definition) is 5. The van der Waals surface area contributed by atoms with E-state index < -0.39 is 0 Å². The van der Waals surface area contributed by atoms with Crippen molar-refractivity contribution in [2.24, 2.45) is 0 Å². The second kappa shape index (κ2) is 6.04. The summed E-state index contributed by atoms with van der Waals surface area (Å²) in [6, 6.07) is 6.41. The van der Waals surface area contributed by atoms with Gasteiger partial charge < -0.3 is 4.74 Å². The molecule has 1 aliphatic rings. The lowest BCUT2D eigenvalue weighted by Crippen LogP contribution is -2.39. The van der Waals surface area contributed by atoms with Crippen LogP contribution in [0.25, 0.3) is 10.6 Å². The monoisotopic (exact) mass is 315 g/mol. The van der Waals surface area contributed by atoms with Crippen LogP contribution < -0.4 is 0 Å². The van der Waals surface area contributed by atoms with Crippen LogP contribution in [0, 0.1) is 0 Å². The smallest absolute Gasteiger partial charge is 0.0794 e. The highest BCUT2D eigenvalue weighted by molar-refractivity contribution is 7.13. The third-order valence-electron chi connectivity index (χ3n) is 3.98. The minimum atomic E-state index is 0.210. The Labute approximate surface area is 132 Å². The maximum absolute atomic E-state index is 5.65. The molecule has 0 spiro atoms. The first-order chi connectivity index (χ1) is 10.9. The Bertz CT molecular complexity index is 706. The van der Waals surface area contributed by atoms with Crippen molar-refractivity contribution < 1.29 is 4.74 Å². The van der Waals surface area contributed by atoms with Gasteiger partial charge in [0.15, 0.2) is 0 Å². The summed E-state index contributed by atoms with van der Waals surface area (Å²) >= 11 is 1.72. The maximum atomic E-state index is 5.65. The largest absolute Gasteiger partial charge is 0.378 e. The van der Waals surface area contributed by atoms with E-state index in [2.05, 4.69) is 42.8 Å². The van der Waals surface area contributed by atoms with Crippen molar-refractivity contribution in [1.29, 1.82) is 0 Å². The maximum Gasteiger partial charge on any atom is 0.0794 e. The molecule has 3 aromatic rings. The van der Waals surface area contributed by atoms with Crippen molar-refractivity contribution in [2.75, 3.05) is 19.8 Å². The van der Waals surface area contributed by atoms with Crippen LogP contribution in [0.5, 0.6) is 0 Å². The summed E-state index contributed by atoms with van der Waals surface area (Å²) in [5, 5.41) is 16.6. The first kappa shape index (κ1) is 13.7. The molecule has 1 saturated heterocycles. The number of aromatic nitrogens is 4. The number of thiophene rings is 1. The molecule has 2 N–H and O–H groups in total. The summed E-state index contributed by atoms with van der Waals surface area (Å²) in [7, 11) is 0. The van der Waals surface area contributed by atoms with Crippen LogP contribution in [-0.2, 0) is 11.3 Å². The average Bonchev–Trinajstić information content (AvgIpc) is 3.30. The number of nitrogens with one attached hydrogen (secondary N) is 2. The van der Waals surface area contributed by atoms with Gasteiger partial charge in [0.1, 0.15) is 0 Å². The normalized spacial score (nSPS) is 19.5. The predicted octanol–water partition coefficient (Wildman–Crippen LogP) is 2.43. The highest BCUT2D eigenvalue weighted by Gasteiger charge is 2.26. The van der Waals surface area contributed by atoms with Crippen LogP contribution in [0.3, 0.4) is 0 Å². The second-order valence-electron chi connectivity index (χ2n) is 5.32. The number of nitrogens with zero attached hydrogens (tertiary/aromatic N) is 3. The van der Waals surface area contributed by atoms with Crippen molar-refractivity contribution in [3.63, 3.8) is 0 Å². The fraction of sp³-hybridized carbons (Fsp3) is 0.333. The Kier molecular flexibility index (Phi) is 3.75. The zero-order valence-corrected chi connectivity index (χ0v) is 12.8. The van der Waals surface area contributed by atoms with E-state index in [-0.39, 0.29) is 6.04 Å². The molecule has 3 aromatic heterocycles. The van der Waals surface area contributed by atoms with Gasteiger partial charge in [-0.3, -0.25) is 15.1 Å². The molecule has 1 fully saturated rings. The zero-order chi connectivity index (χ0) is 14.8. The molecule has 0 aromatic carbocycles. The molecule has 1 aliphatic heterocycles. The first-order valence-corrected chi connectivity index (χ1v) is 8.17. The molecular weight excluding hydrogens is 298 g/mol. The molecule has 0 amide bonds. The van der Waals surface area contributed by atoms with E-state index in [0.29, 0.717) is 6.61 Å². The van der Waals surface area contributed by atoms with Gasteiger partial charge in [-0.1, -0.05) is 6.07 Å². The zero-order valence-electron chi connectivity index (χ0n) is 12.0. The summed E-state index contributed by atoms with van der Waals surface area (Å²) in [5.74, 6) is 0. The van der Waals surface area contributed by atoms with Gasteiger partial charge >= 0.3 is 0 Å². The Morgan fingerprint density at radius 1 is 1.32 bits per heavy atom. The lowest BCUT2D eigenvalue weighted by Gasteiger charge is -2.34. The van der Waals surface area contributed by atoms with Gasteiger partial charge in [0.25, 0.3) is 0 Å². The minimum absolute atomic E-state index is 0.210. The summed E-state index contributed by atoms with van der Waals surface area (Å²) < 4.78 is 5.65. The molecule has 0 unspecified atom stereocenters. The van der Waals surface area contributed by atoms with E-state index in [9.17, 15) is 0 Å². The molecule has 0 bridgehead atoms. The molecule has 22 heavy (non-hydrogen) atoms. The van der Waals surface area contributed by atoms with Crippen molar-refractivity contribution in [3.8, 4) is 10.6 Å². The molecule has 4 rings (SSSR count). The molecule has 0 radical (unpaired) electrons. The van der Waals surface area contributed by atoms with Crippen molar-refractivity contribution in [2.45, 2.75) is 12.6 Å². The first-order valence-electron chi connectivity index (χ1n) is 7.29. The number of aromatic amines is 2. The summed E-state index contributed by atoms with van der Waals surface area (Å²) in [6.07, 6.45) is 3.71. The van der Waals surface area contributed by atoms with E-state index in [1.807, 2.05) is 12.3 Å². The molecule has 6 nitrogen and oxygen atoms in total. The van der Waals surface area contributed by atoms with Crippen LogP contribution in [-0.4, -0.2) is 45.1 Å². The Balaban J connectivity index is 1.58. The quantitative estimate of drug-likeness (QED) is 0.776. The van der Waals surface area contributed by atoms with Gasteiger partial charge in [0.05, 0.1) is 41.7 Å². The number of rotatable bonds is 4. The number of ether oxygens (including phenoxy) is 1. The Hall–Kier alpha value is -1.96. The van der Waals surface area contributed by atoms with Gasteiger partial charge in [-0.25, -0.2) is 0 Å². The molecule has 0 aliphatic carbocycles. The molecular formula is C15H17N5OS. The Morgan fingerprint density at radius 3 is 3.14 bits per heavy atom. The highest BCUT2D eigenvalue weighted by atomic mass is 32.1. The summed E-state index contributed by atoms with van der Waals surface area (Å²) in [5.41, 5.74) is 3.43. The molecule has 7 heteroatoms. The van der Waals surface area contributed by atoms with Gasteiger partial charge in [-0.2, -0.15) is 10.2 Å². The van der Waals surface area contributed by atoms with Crippen molar-refractivity contribution >= 4 is 11.3 Å². The van der Waals surface area contributed by atoms with Crippen LogP contribution in [0.2, 0.25) is 0 Å². The van der Waals surface area contributed by atoms with Crippen LogP contribution >= 0.6 is 11.3 Å². The SMILES string of the molecule is c1csc(-c2[nH]ncc2CN2CCOC[C@@H]2c2ccn[nH]2)c1. The summed E-state index contributed by atoms with van der Waals surface area (Å²) in [6.45, 7) is 3.20. The molecule has 114 valence electrons. The Morgan fingerprint density at radius 2 is 2.32 bits per heavy atom. The third kappa shape index (κ3) is 2.58. The van der Waals surface area contributed by atoms with E-state index in [1.54, 1.807) is 17.5 Å². The van der Waals surface area contributed by atoms with E-state index in [1.165, 1.54) is 10.4 Å². The van der Waals surface area contributed by atoms with Gasteiger partial charge in [0.2, 0.25) is 0 Å². The standard InChI is InChI=1S/C15H17N5OS/c1-2-14(22-7-1)15-11(8-17-19-15)9-20-5-6-21-10-13(20)12-3-4-16-18-12/h1-4,7-8,13H,5-6,9-10H2,(H,16,18)(H,17,19)/t13-/m1/s1. The molecule has 0 saturated carbocycles. The number of morpholine rings is 1. The van der Waals surface area contributed by atoms with E-state index in [0.717, 1.165) is 31.1 Å². The van der Waals surface area contributed by atoms with E-state index >= 15 is 0 Å². The minimum Gasteiger partial charge on any atom is -0.378 e. The topological polar surface area (TPSA) is 69.8 Å². The van der Waals surface area contributed by atoms with Crippen molar-refractivity contribution in [1.82, 2.24) is 25.3 Å². The van der Waals surface area contributed by atoms with Gasteiger partial charge in [0, 0.05) is 24.8 Å². The number of hydrogen-bond donors (Lipinski definition) is 2. The second-order valence-corrected chi connectivity index (χ2v) is 6.27. The lowest BCUT2D eigenvalue weighted by molar-refractivity contribution is -0.0142. The van der Waals surface area contributed by atoms with E-state index in [4.69, 9.17) is 4.74 Å². The lowest BCUT2D eigenvalue weighted by atomic mass is 10.1. The number of H-pyrrole nitrogens is 2. The summed E-state index contributed by atoms with van der Waals surface area (Å²) in [4.78, 5) is 3.64. The fourth-order valence-electron chi connectivity index (χ4n) is 2.85. The van der Waals surface area contributed by atoms with Crippen LogP contribution in [0.4, 0.5) is 0 Å². The third-order valence-corrected chi connectivity index (χ3v) is 4.87. The predicted molar refractivity (Wildman–Crippen MR) is 84.5 cm³/mol. The van der Waals surface area contributed by atoms with Gasteiger partial charge in [-0.15, -0.1) is 11.3 Å². The molecule has 1 atom stereocenters. The van der Waals surface area contributed by atoms with Crippen LogP contribution in [0.1, 0.15) is 17.3 Å². The fourth-order valence-corrected chi connectivity index (χ4v) is 3.61. The average molecular weight is 315 g/mol. The molecule has 4 heterocycles. The highest BCUT2D eigenvalue weighted by Crippen LogP contribution is 2.30. The van der Waals surface area contributed by atoms with Crippen LogP contribution in [0.15, 0.2) is 36.0 Å². The van der Waals surface area contributed by atoms with Crippen molar-refractivity contribution in [3.05, 3.63) is 47.2 Å². The van der Waals surface area contributed by atoms with Gasteiger partial charge in [-0.05, 0) is 17.5 Å².